The van der Waals surface area contributed by atoms with Crippen molar-refractivity contribution in [2.75, 3.05) is 25.0 Å². The molecule has 0 bridgehead atoms. The molecule has 1 aromatic carbocycles. The van der Waals surface area contributed by atoms with Gasteiger partial charge in [0.15, 0.2) is 0 Å². The molecule has 0 saturated carbocycles. The normalized spacial score (nSPS) is 10.2. The number of carbonyl (C=O) groups excluding carboxylic acids is 2. The highest BCUT2D eigenvalue weighted by Gasteiger charge is 2.14. The lowest BCUT2D eigenvalue weighted by molar-refractivity contribution is -0.117. The fourth-order valence-electron chi connectivity index (χ4n) is 1.74. The van der Waals surface area contributed by atoms with E-state index in [1.54, 1.807) is 13.1 Å². The number of carbonyl (C=O) groups is 2. The fourth-order valence-corrected chi connectivity index (χ4v) is 1.74. The highest BCUT2D eigenvalue weighted by Crippen LogP contribution is 2.18. The highest BCUT2D eigenvalue weighted by atomic mass is 19.1. The zero-order valence-electron chi connectivity index (χ0n) is 10.6. The lowest BCUT2D eigenvalue weighted by Gasteiger charge is -2.22. The monoisotopic (exact) mass is 268 g/mol. The first-order valence-electron chi connectivity index (χ1n) is 5.68. The molecule has 0 spiro atoms. The van der Waals surface area contributed by atoms with E-state index in [1.165, 1.54) is 17.0 Å². The van der Waals surface area contributed by atoms with Crippen molar-refractivity contribution in [1.29, 1.82) is 0 Å². The van der Waals surface area contributed by atoms with Crippen LogP contribution in [0.5, 0.6) is 0 Å². The second-order valence-corrected chi connectivity index (χ2v) is 4.14. The first kappa shape index (κ1) is 14.9. The Labute approximate surface area is 110 Å². The highest BCUT2D eigenvalue weighted by molar-refractivity contribution is 5.84. The summed E-state index contributed by atoms with van der Waals surface area (Å²) in [5.74, 6) is -1.71. The third kappa shape index (κ3) is 4.92. The fraction of sp³-hybridized carbons (Fsp3) is 0.333. The number of halogens is 1. The quantitative estimate of drug-likeness (QED) is 0.610. The van der Waals surface area contributed by atoms with Crippen LogP contribution in [0.25, 0.3) is 0 Å². The molecule has 5 N–H and O–H groups in total. The van der Waals surface area contributed by atoms with Crippen LogP contribution in [0.4, 0.5) is 10.1 Å². The molecule has 0 aromatic heterocycles. The largest absolute Gasteiger partial charge is 0.368 e. The van der Waals surface area contributed by atoms with Crippen molar-refractivity contribution in [1.82, 2.24) is 5.32 Å². The number of nitrogens with one attached hydrogen (secondary N) is 1. The molecule has 7 heteroatoms. The van der Waals surface area contributed by atoms with E-state index < -0.39 is 17.6 Å². The smallest absolute Gasteiger partial charge is 0.236 e. The second kappa shape index (κ2) is 6.69. The minimum absolute atomic E-state index is 0.203. The van der Waals surface area contributed by atoms with Gasteiger partial charge >= 0.3 is 0 Å². The van der Waals surface area contributed by atoms with Crippen LogP contribution in [-0.4, -0.2) is 32.0 Å². The van der Waals surface area contributed by atoms with E-state index in [1.807, 2.05) is 0 Å². The standard InChI is InChI=1S/C12H17FN4O2/c1-16-5-8-2-9(13)4-10(3-8)17(6-11(14)18)7-12(15)19/h2-4,16H,5-7H2,1H3,(H2,14,18)(H2,15,19). The summed E-state index contributed by atoms with van der Waals surface area (Å²) >= 11 is 0. The Kier molecular flexibility index (Phi) is 5.25. The Bertz CT molecular complexity index is 463. The Balaban J connectivity index is 3.05. The summed E-state index contributed by atoms with van der Waals surface area (Å²) in [5, 5.41) is 2.89. The summed E-state index contributed by atoms with van der Waals surface area (Å²) in [7, 11) is 1.73. The Hall–Kier alpha value is -2.15. The Morgan fingerprint density at radius 2 is 1.79 bits per heavy atom. The van der Waals surface area contributed by atoms with Crippen molar-refractivity contribution >= 4 is 17.5 Å². The lowest BCUT2D eigenvalue weighted by Crippen LogP contribution is -2.39. The van der Waals surface area contributed by atoms with Gasteiger partial charge < -0.3 is 21.7 Å². The van der Waals surface area contributed by atoms with E-state index in [0.29, 0.717) is 17.8 Å². The van der Waals surface area contributed by atoms with E-state index in [-0.39, 0.29) is 13.1 Å². The van der Waals surface area contributed by atoms with Gasteiger partial charge in [0, 0.05) is 12.2 Å². The van der Waals surface area contributed by atoms with Gasteiger partial charge in [0.2, 0.25) is 11.8 Å². The molecular weight excluding hydrogens is 251 g/mol. The van der Waals surface area contributed by atoms with E-state index >= 15 is 0 Å². The van der Waals surface area contributed by atoms with Crippen LogP contribution in [0.3, 0.4) is 0 Å². The molecule has 1 rings (SSSR count). The maximum Gasteiger partial charge on any atom is 0.236 e. The van der Waals surface area contributed by atoms with Crippen molar-refractivity contribution in [3.8, 4) is 0 Å². The van der Waals surface area contributed by atoms with Crippen molar-refractivity contribution in [3.63, 3.8) is 0 Å². The van der Waals surface area contributed by atoms with E-state index in [2.05, 4.69) is 5.32 Å². The van der Waals surface area contributed by atoms with Crippen LogP contribution in [0, 0.1) is 5.82 Å². The van der Waals surface area contributed by atoms with Gasteiger partial charge in [0.1, 0.15) is 5.82 Å². The Morgan fingerprint density at radius 1 is 1.21 bits per heavy atom. The van der Waals surface area contributed by atoms with Crippen LogP contribution in [0.15, 0.2) is 18.2 Å². The molecule has 0 saturated heterocycles. The lowest BCUT2D eigenvalue weighted by atomic mass is 10.1. The zero-order valence-corrected chi connectivity index (χ0v) is 10.6. The molecule has 6 nitrogen and oxygen atoms in total. The van der Waals surface area contributed by atoms with Crippen LogP contribution >= 0.6 is 0 Å². The van der Waals surface area contributed by atoms with Crippen molar-refractivity contribution in [2.45, 2.75) is 6.54 Å². The minimum Gasteiger partial charge on any atom is -0.368 e. The van der Waals surface area contributed by atoms with Crippen LogP contribution in [-0.2, 0) is 16.1 Å². The average Bonchev–Trinajstić information content (AvgIpc) is 2.26. The van der Waals surface area contributed by atoms with Gasteiger partial charge in [-0.05, 0) is 30.8 Å². The van der Waals surface area contributed by atoms with E-state index in [0.717, 1.165) is 0 Å². The first-order chi connectivity index (χ1) is 8.92. The molecule has 1 aromatic rings. The maximum absolute atomic E-state index is 13.5. The van der Waals surface area contributed by atoms with Crippen LogP contribution in [0.2, 0.25) is 0 Å². The van der Waals surface area contributed by atoms with Gasteiger partial charge in [0.25, 0.3) is 0 Å². The van der Waals surface area contributed by atoms with Crippen molar-refractivity contribution < 1.29 is 14.0 Å². The van der Waals surface area contributed by atoms with E-state index in [4.69, 9.17) is 11.5 Å². The molecular formula is C12H17FN4O2. The third-order valence-electron chi connectivity index (χ3n) is 2.38. The zero-order chi connectivity index (χ0) is 14.4. The second-order valence-electron chi connectivity index (χ2n) is 4.14. The SMILES string of the molecule is CNCc1cc(F)cc(N(CC(N)=O)CC(N)=O)c1. The number of nitrogens with zero attached hydrogens (tertiary/aromatic N) is 1. The molecule has 0 fully saturated rings. The maximum atomic E-state index is 13.5. The third-order valence-corrected chi connectivity index (χ3v) is 2.38. The van der Waals surface area contributed by atoms with Crippen molar-refractivity contribution in [3.05, 3.63) is 29.6 Å². The summed E-state index contributed by atoms with van der Waals surface area (Å²) in [6, 6.07) is 4.27. The van der Waals surface area contributed by atoms with Crippen LogP contribution < -0.4 is 21.7 Å². The van der Waals surface area contributed by atoms with Gasteiger partial charge in [-0.1, -0.05) is 0 Å². The average molecular weight is 268 g/mol. The number of primary amides is 2. The molecule has 104 valence electrons. The summed E-state index contributed by atoms with van der Waals surface area (Å²) in [4.78, 5) is 23.3. The summed E-state index contributed by atoms with van der Waals surface area (Å²) in [6.07, 6.45) is 0. The first-order valence-corrected chi connectivity index (χ1v) is 5.68. The number of hydrogen-bond acceptors (Lipinski definition) is 4. The van der Waals surface area contributed by atoms with Crippen LogP contribution in [0.1, 0.15) is 5.56 Å². The number of nitrogens with two attached hydrogens (primary N) is 2. The number of hydrogen-bond donors (Lipinski definition) is 3. The molecule has 0 heterocycles. The summed E-state index contributed by atoms with van der Waals surface area (Å²) in [5.41, 5.74) is 11.3. The molecule has 19 heavy (non-hydrogen) atoms. The number of amides is 2. The number of anilines is 1. The van der Waals surface area contributed by atoms with E-state index in [9.17, 15) is 14.0 Å². The predicted molar refractivity (Wildman–Crippen MR) is 69.8 cm³/mol. The van der Waals surface area contributed by atoms with Crippen molar-refractivity contribution in [2.24, 2.45) is 11.5 Å². The van der Waals surface area contributed by atoms with Gasteiger partial charge in [-0.2, -0.15) is 0 Å². The molecule has 0 radical (unpaired) electrons. The number of benzene rings is 1. The molecule has 0 aliphatic carbocycles. The molecule has 0 unspecified atom stereocenters. The predicted octanol–water partition coefficient (Wildman–Crippen LogP) is -0.678. The van der Waals surface area contributed by atoms with Gasteiger partial charge in [-0.25, -0.2) is 4.39 Å². The van der Waals surface area contributed by atoms with Gasteiger partial charge in [-0.15, -0.1) is 0 Å². The summed E-state index contributed by atoms with van der Waals surface area (Å²) < 4.78 is 13.5. The van der Waals surface area contributed by atoms with Gasteiger partial charge in [0.05, 0.1) is 13.1 Å². The molecule has 0 aliphatic rings. The topological polar surface area (TPSA) is 101 Å². The molecule has 0 aliphatic heterocycles. The molecule has 2 amide bonds. The van der Waals surface area contributed by atoms with Gasteiger partial charge in [-0.3, -0.25) is 9.59 Å². The Morgan fingerprint density at radius 3 is 2.26 bits per heavy atom. The number of rotatable bonds is 7. The minimum atomic E-state index is -0.624. The summed E-state index contributed by atoms with van der Waals surface area (Å²) in [6.45, 7) is 0.0581. The molecule has 0 atom stereocenters.